The van der Waals surface area contributed by atoms with Crippen LogP contribution in [0.1, 0.15) is 23.7 Å². The van der Waals surface area contributed by atoms with Crippen molar-refractivity contribution in [3.63, 3.8) is 0 Å². The first-order chi connectivity index (χ1) is 7.56. The number of halogens is 1. The molecule has 1 aromatic rings. The smallest absolute Gasteiger partial charge is 0.337 e. The SMILES string of the molecule is N#CCCc1cc(C(O)C(=O)O)ccc1Br. The molecule has 1 unspecified atom stereocenters. The first-order valence-corrected chi connectivity index (χ1v) is 5.41. The van der Waals surface area contributed by atoms with E-state index >= 15 is 0 Å². The van der Waals surface area contributed by atoms with Gasteiger partial charge in [-0.2, -0.15) is 5.26 Å². The fourth-order valence-electron chi connectivity index (χ4n) is 1.29. The van der Waals surface area contributed by atoms with Gasteiger partial charge in [-0.05, 0) is 23.6 Å². The summed E-state index contributed by atoms with van der Waals surface area (Å²) >= 11 is 3.31. The van der Waals surface area contributed by atoms with Gasteiger partial charge in [-0.1, -0.05) is 28.1 Å². The van der Waals surface area contributed by atoms with Crippen LogP contribution in [-0.4, -0.2) is 16.2 Å². The molecule has 0 radical (unpaired) electrons. The molecule has 16 heavy (non-hydrogen) atoms. The van der Waals surface area contributed by atoms with Gasteiger partial charge >= 0.3 is 5.97 Å². The number of hydrogen-bond donors (Lipinski definition) is 2. The predicted octanol–water partition coefficient (Wildman–Crippen LogP) is 2.02. The van der Waals surface area contributed by atoms with Crippen LogP contribution >= 0.6 is 15.9 Å². The summed E-state index contributed by atoms with van der Waals surface area (Å²) in [5.41, 5.74) is 1.14. The lowest BCUT2D eigenvalue weighted by Crippen LogP contribution is -2.10. The largest absolute Gasteiger partial charge is 0.479 e. The third-order valence-electron chi connectivity index (χ3n) is 2.13. The first-order valence-electron chi connectivity index (χ1n) is 4.62. The van der Waals surface area contributed by atoms with E-state index in [1.54, 1.807) is 18.2 Å². The number of aliphatic hydroxyl groups is 1. The van der Waals surface area contributed by atoms with Gasteiger partial charge in [-0.3, -0.25) is 0 Å². The summed E-state index contributed by atoms with van der Waals surface area (Å²) in [6, 6.07) is 6.83. The summed E-state index contributed by atoms with van der Waals surface area (Å²) in [6.45, 7) is 0. The fourth-order valence-corrected chi connectivity index (χ4v) is 1.73. The standard InChI is InChI=1S/C11H10BrNO3/c12-9-4-3-8(10(14)11(15)16)6-7(9)2-1-5-13/h3-4,6,10,14H,1-2H2,(H,15,16). The van der Waals surface area contributed by atoms with Crippen molar-refractivity contribution in [1.82, 2.24) is 0 Å². The van der Waals surface area contributed by atoms with Crippen LogP contribution < -0.4 is 0 Å². The monoisotopic (exact) mass is 283 g/mol. The molecule has 5 heteroatoms. The van der Waals surface area contributed by atoms with E-state index in [-0.39, 0.29) is 0 Å². The molecule has 0 fully saturated rings. The molecule has 0 bridgehead atoms. The summed E-state index contributed by atoms with van der Waals surface area (Å²) < 4.78 is 0.809. The summed E-state index contributed by atoms with van der Waals surface area (Å²) in [4.78, 5) is 10.6. The molecule has 1 aromatic carbocycles. The van der Waals surface area contributed by atoms with E-state index in [1.165, 1.54) is 0 Å². The highest BCUT2D eigenvalue weighted by Crippen LogP contribution is 2.23. The second-order valence-corrected chi connectivity index (χ2v) is 4.10. The summed E-state index contributed by atoms with van der Waals surface area (Å²) in [5, 5.41) is 26.5. The molecular weight excluding hydrogens is 274 g/mol. The Morgan fingerprint density at radius 2 is 2.25 bits per heavy atom. The van der Waals surface area contributed by atoms with Gasteiger partial charge in [0, 0.05) is 10.9 Å². The lowest BCUT2D eigenvalue weighted by molar-refractivity contribution is -0.146. The molecule has 0 aliphatic carbocycles. The Morgan fingerprint density at radius 1 is 1.56 bits per heavy atom. The molecule has 0 amide bonds. The minimum absolute atomic E-state index is 0.323. The highest BCUT2D eigenvalue weighted by atomic mass is 79.9. The van der Waals surface area contributed by atoms with Crippen molar-refractivity contribution in [2.75, 3.05) is 0 Å². The Hall–Kier alpha value is -1.38. The molecule has 84 valence electrons. The maximum absolute atomic E-state index is 10.6. The number of benzene rings is 1. The molecule has 1 rings (SSSR count). The molecular formula is C11H10BrNO3. The average molecular weight is 284 g/mol. The molecule has 0 aliphatic heterocycles. The van der Waals surface area contributed by atoms with Crippen LogP contribution in [-0.2, 0) is 11.2 Å². The Bertz CT molecular complexity index is 439. The van der Waals surface area contributed by atoms with Crippen LogP contribution in [0.3, 0.4) is 0 Å². The van der Waals surface area contributed by atoms with Gasteiger partial charge < -0.3 is 10.2 Å². The van der Waals surface area contributed by atoms with Crippen molar-refractivity contribution >= 4 is 21.9 Å². The number of hydrogen-bond acceptors (Lipinski definition) is 3. The summed E-state index contributed by atoms with van der Waals surface area (Å²) in [7, 11) is 0. The van der Waals surface area contributed by atoms with Crippen LogP contribution in [0.15, 0.2) is 22.7 Å². The number of carbonyl (C=O) groups is 1. The van der Waals surface area contributed by atoms with Crippen LogP contribution in [0.5, 0.6) is 0 Å². The second kappa shape index (κ2) is 5.64. The van der Waals surface area contributed by atoms with Gasteiger partial charge in [-0.25, -0.2) is 4.79 Å². The number of carboxylic acid groups (broad SMARTS) is 1. The average Bonchev–Trinajstić information content (AvgIpc) is 2.27. The quantitative estimate of drug-likeness (QED) is 0.886. The molecule has 0 heterocycles. The Balaban J connectivity index is 2.98. The van der Waals surface area contributed by atoms with Crippen LogP contribution in [0.4, 0.5) is 0 Å². The van der Waals surface area contributed by atoms with E-state index < -0.39 is 12.1 Å². The molecule has 1 atom stereocenters. The zero-order chi connectivity index (χ0) is 12.1. The molecule has 0 aromatic heterocycles. The number of aliphatic carboxylic acids is 1. The Labute approximate surface area is 101 Å². The topological polar surface area (TPSA) is 81.3 Å². The highest BCUT2D eigenvalue weighted by Gasteiger charge is 2.16. The zero-order valence-electron chi connectivity index (χ0n) is 8.35. The van der Waals surface area contributed by atoms with Crippen LogP contribution in [0.2, 0.25) is 0 Å². The summed E-state index contributed by atoms with van der Waals surface area (Å²) in [6.07, 6.45) is -0.642. The van der Waals surface area contributed by atoms with E-state index in [9.17, 15) is 9.90 Å². The van der Waals surface area contributed by atoms with Crippen molar-refractivity contribution in [3.8, 4) is 6.07 Å². The van der Waals surface area contributed by atoms with Crippen molar-refractivity contribution in [1.29, 1.82) is 5.26 Å². The highest BCUT2D eigenvalue weighted by molar-refractivity contribution is 9.10. The zero-order valence-corrected chi connectivity index (χ0v) is 9.94. The van der Waals surface area contributed by atoms with Gasteiger partial charge in [0.05, 0.1) is 6.07 Å². The second-order valence-electron chi connectivity index (χ2n) is 3.25. The molecule has 2 N–H and O–H groups in total. The maximum atomic E-state index is 10.6. The molecule has 0 saturated heterocycles. The third-order valence-corrected chi connectivity index (χ3v) is 2.90. The van der Waals surface area contributed by atoms with Crippen LogP contribution in [0.25, 0.3) is 0 Å². The normalized spacial score (nSPS) is 11.8. The van der Waals surface area contributed by atoms with Crippen molar-refractivity contribution in [2.24, 2.45) is 0 Å². The fraction of sp³-hybridized carbons (Fsp3) is 0.273. The molecule has 0 spiro atoms. The number of nitrogens with zero attached hydrogens (tertiary/aromatic N) is 1. The lowest BCUT2D eigenvalue weighted by Gasteiger charge is -2.09. The summed E-state index contributed by atoms with van der Waals surface area (Å²) in [5.74, 6) is -1.28. The van der Waals surface area contributed by atoms with E-state index in [4.69, 9.17) is 10.4 Å². The number of nitriles is 1. The van der Waals surface area contributed by atoms with E-state index in [0.717, 1.165) is 10.0 Å². The van der Waals surface area contributed by atoms with Gasteiger partial charge in [-0.15, -0.1) is 0 Å². The predicted molar refractivity (Wildman–Crippen MR) is 60.7 cm³/mol. The molecule has 0 saturated carbocycles. The molecule has 4 nitrogen and oxygen atoms in total. The first kappa shape index (κ1) is 12.7. The third kappa shape index (κ3) is 3.05. The van der Waals surface area contributed by atoms with Crippen molar-refractivity contribution in [3.05, 3.63) is 33.8 Å². The Morgan fingerprint density at radius 3 is 2.81 bits per heavy atom. The van der Waals surface area contributed by atoms with Crippen molar-refractivity contribution in [2.45, 2.75) is 18.9 Å². The van der Waals surface area contributed by atoms with Gasteiger partial charge in [0.15, 0.2) is 6.10 Å². The van der Waals surface area contributed by atoms with Gasteiger partial charge in [0.2, 0.25) is 0 Å². The number of rotatable bonds is 4. The van der Waals surface area contributed by atoms with E-state index in [2.05, 4.69) is 15.9 Å². The minimum atomic E-state index is -1.52. The van der Waals surface area contributed by atoms with Crippen LogP contribution in [0, 0.1) is 11.3 Å². The number of aliphatic hydroxyl groups excluding tert-OH is 1. The number of aryl methyl sites for hydroxylation is 1. The van der Waals surface area contributed by atoms with E-state index in [1.807, 2.05) is 6.07 Å². The number of carboxylic acids is 1. The van der Waals surface area contributed by atoms with E-state index in [0.29, 0.717) is 18.4 Å². The minimum Gasteiger partial charge on any atom is -0.479 e. The van der Waals surface area contributed by atoms with Crippen molar-refractivity contribution < 1.29 is 15.0 Å². The van der Waals surface area contributed by atoms with Gasteiger partial charge in [0.1, 0.15) is 0 Å². The maximum Gasteiger partial charge on any atom is 0.337 e. The van der Waals surface area contributed by atoms with Gasteiger partial charge in [0.25, 0.3) is 0 Å². The lowest BCUT2D eigenvalue weighted by atomic mass is 10.0. The Kier molecular flexibility index (Phi) is 4.47. The molecule has 0 aliphatic rings.